The topological polar surface area (TPSA) is 76.0 Å². The van der Waals surface area contributed by atoms with Gasteiger partial charge >= 0.3 is 12.1 Å². The maximum Gasteiger partial charge on any atom is 0.422 e. The van der Waals surface area contributed by atoms with Gasteiger partial charge in [0.1, 0.15) is 23.1 Å². The van der Waals surface area contributed by atoms with Crippen LogP contribution in [0.15, 0.2) is 35.3 Å². The molecule has 7 nitrogen and oxygen atoms in total. The van der Waals surface area contributed by atoms with Crippen LogP contribution < -0.4 is 15.0 Å². The zero-order valence-corrected chi connectivity index (χ0v) is 21.9. The molecule has 1 aromatic carbocycles. The summed E-state index contributed by atoms with van der Waals surface area (Å²) in [5, 5.41) is 0.224. The average molecular weight is 546 g/mol. The van der Waals surface area contributed by atoms with Crippen LogP contribution in [0.5, 0.6) is 11.5 Å². The molecule has 1 fully saturated rings. The van der Waals surface area contributed by atoms with Gasteiger partial charge in [0, 0.05) is 35.2 Å². The van der Waals surface area contributed by atoms with E-state index in [0.29, 0.717) is 6.61 Å². The quantitative estimate of drug-likeness (QED) is 0.381. The molecule has 3 rings (SSSR count). The zero-order valence-electron chi connectivity index (χ0n) is 21.2. The van der Waals surface area contributed by atoms with Crippen molar-refractivity contribution in [3.05, 3.63) is 45.8 Å². The van der Waals surface area contributed by atoms with Gasteiger partial charge in [0.15, 0.2) is 6.61 Å². The molecule has 2 atom stereocenters. The number of carbonyl (C=O) groups excluding carboxylic acids is 1. The van der Waals surface area contributed by atoms with E-state index < -0.39 is 36.0 Å². The second kappa shape index (κ2) is 11.8. The van der Waals surface area contributed by atoms with Gasteiger partial charge in [-0.05, 0) is 58.2 Å². The van der Waals surface area contributed by atoms with Crippen LogP contribution in [0.25, 0.3) is 11.1 Å². The lowest BCUT2D eigenvalue weighted by Gasteiger charge is -2.30. The normalized spacial score (nSPS) is 17.2. The molecular weight excluding hydrogens is 515 g/mol. The molecule has 1 aliphatic heterocycles. The van der Waals surface area contributed by atoms with E-state index in [-0.39, 0.29) is 40.2 Å². The molecule has 0 amide bonds. The summed E-state index contributed by atoms with van der Waals surface area (Å²) in [6.45, 7) is 4.23. The Morgan fingerprint density at radius 3 is 2.46 bits per heavy atom. The number of aromatic nitrogens is 1. The lowest BCUT2D eigenvalue weighted by Crippen LogP contribution is -2.37. The molecule has 0 N–H and O–H groups in total. The Labute approximate surface area is 218 Å². The van der Waals surface area contributed by atoms with Crippen LogP contribution in [0, 0.1) is 0 Å². The molecule has 2 aromatic rings. The van der Waals surface area contributed by atoms with Crippen molar-refractivity contribution in [2.75, 3.05) is 20.3 Å². The van der Waals surface area contributed by atoms with E-state index in [0.717, 1.165) is 19.3 Å². The van der Waals surface area contributed by atoms with Crippen LogP contribution >= 0.6 is 11.6 Å². The summed E-state index contributed by atoms with van der Waals surface area (Å²) in [6, 6.07) is 4.24. The van der Waals surface area contributed by atoms with E-state index in [1.165, 1.54) is 42.1 Å². The maximum atomic E-state index is 13.4. The molecule has 204 valence electrons. The molecule has 11 heteroatoms. The summed E-state index contributed by atoms with van der Waals surface area (Å²) in [7, 11) is 1.35. The first kappa shape index (κ1) is 28.8. The van der Waals surface area contributed by atoms with Crippen LogP contribution in [0.2, 0.25) is 5.02 Å². The third-order valence-electron chi connectivity index (χ3n) is 5.66. The number of carbonyl (C=O) groups is 1. The van der Waals surface area contributed by atoms with Gasteiger partial charge in [-0.15, -0.1) is 0 Å². The molecule has 1 aromatic heterocycles. The fourth-order valence-electron chi connectivity index (χ4n) is 4.08. The maximum absolute atomic E-state index is 13.4. The predicted molar refractivity (Wildman–Crippen MR) is 132 cm³/mol. The molecule has 2 heterocycles. The van der Waals surface area contributed by atoms with Crippen molar-refractivity contribution in [3.8, 4) is 22.6 Å². The number of hydrogen-bond donors (Lipinski definition) is 0. The SMILES string of the molecule is COc1cn(C(CC2CCCCO2)C(=O)OC(C)(C)C)c(=O)cc1-c1cc(Cl)ccc1OCC(F)(F)F. The van der Waals surface area contributed by atoms with Crippen LogP contribution in [0.3, 0.4) is 0 Å². The number of methoxy groups -OCH3 is 1. The zero-order chi connectivity index (χ0) is 27.4. The molecule has 2 unspecified atom stereocenters. The fraction of sp³-hybridized carbons (Fsp3) is 0.538. The largest absolute Gasteiger partial charge is 0.495 e. The molecule has 0 spiro atoms. The van der Waals surface area contributed by atoms with Gasteiger partial charge < -0.3 is 18.9 Å². The average Bonchev–Trinajstić information content (AvgIpc) is 2.80. The minimum Gasteiger partial charge on any atom is -0.495 e. The summed E-state index contributed by atoms with van der Waals surface area (Å²) >= 11 is 6.11. The van der Waals surface area contributed by atoms with Gasteiger partial charge in [0.05, 0.1) is 19.4 Å². The minimum atomic E-state index is -4.56. The number of hydrogen-bond acceptors (Lipinski definition) is 6. The molecule has 0 saturated carbocycles. The number of ether oxygens (including phenoxy) is 4. The van der Waals surface area contributed by atoms with Crippen LogP contribution in [-0.2, 0) is 14.3 Å². The first-order valence-electron chi connectivity index (χ1n) is 11.9. The van der Waals surface area contributed by atoms with Gasteiger partial charge in [-0.25, -0.2) is 4.79 Å². The first-order chi connectivity index (χ1) is 17.3. The van der Waals surface area contributed by atoms with Crippen molar-refractivity contribution >= 4 is 17.6 Å². The van der Waals surface area contributed by atoms with Crippen molar-refractivity contribution in [1.29, 1.82) is 0 Å². The van der Waals surface area contributed by atoms with E-state index in [1.54, 1.807) is 20.8 Å². The molecule has 1 saturated heterocycles. The first-order valence-corrected chi connectivity index (χ1v) is 12.3. The van der Waals surface area contributed by atoms with Crippen molar-refractivity contribution in [2.24, 2.45) is 0 Å². The standard InChI is InChI=1S/C26H31ClF3NO6/c1-25(2,3)37-24(33)20(12-17-7-5-6-10-35-17)31-14-22(34-4)19(13-23(31)32)18-11-16(27)8-9-21(18)36-15-26(28,29)30/h8-9,11,13-14,17,20H,5-7,10,12,15H2,1-4H3. The molecule has 0 bridgehead atoms. The third-order valence-corrected chi connectivity index (χ3v) is 5.90. The minimum absolute atomic E-state index is 0.128. The Morgan fingerprint density at radius 2 is 1.86 bits per heavy atom. The lowest BCUT2D eigenvalue weighted by atomic mass is 10.0. The fourth-order valence-corrected chi connectivity index (χ4v) is 4.25. The van der Waals surface area contributed by atoms with Crippen LogP contribution in [0.4, 0.5) is 13.2 Å². The molecule has 37 heavy (non-hydrogen) atoms. The summed E-state index contributed by atoms with van der Waals surface area (Å²) in [5.74, 6) is -0.594. The van der Waals surface area contributed by atoms with Gasteiger partial charge in [-0.3, -0.25) is 9.36 Å². The second-order valence-corrected chi connectivity index (χ2v) is 10.3. The predicted octanol–water partition coefficient (Wildman–Crippen LogP) is 5.96. The Balaban J connectivity index is 2.07. The lowest BCUT2D eigenvalue weighted by molar-refractivity contribution is -0.161. The highest BCUT2D eigenvalue weighted by molar-refractivity contribution is 6.31. The Kier molecular flexibility index (Phi) is 9.18. The van der Waals surface area contributed by atoms with Crippen molar-refractivity contribution in [1.82, 2.24) is 4.57 Å². The van der Waals surface area contributed by atoms with E-state index in [9.17, 15) is 22.8 Å². The van der Waals surface area contributed by atoms with Crippen molar-refractivity contribution in [3.63, 3.8) is 0 Å². The van der Waals surface area contributed by atoms with Crippen LogP contribution in [-0.4, -0.2) is 48.7 Å². The van der Waals surface area contributed by atoms with E-state index in [1.807, 2.05) is 0 Å². The molecule has 0 radical (unpaired) electrons. The number of alkyl halides is 3. The summed E-state index contributed by atoms with van der Waals surface area (Å²) in [4.78, 5) is 26.5. The number of halogens is 4. The highest BCUT2D eigenvalue weighted by Gasteiger charge is 2.32. The summed E-state index contributed by atoms with van der Waals surface area (Å²) < 4.78 is 61.5. The number of esters is 1. The second-order valence-electron chi connectivity index (χ2n) is 9.82. The Morgan fingerprint density at radius 1 is 1.16 bits per heavy atom. The van der Waals surface area contributed by atoms with E-state index in [2.05, 4.69) is 0 Å². The van der Waals surface area contributed by atoms with Crippen LogP contribution in [0.1, 0.15) is 52.5 Å². The van der Waals surface area contributed by atoms with Gasteiger partial charge in [-0.1, -0.05) is 11.6 Å². The van der Waals surface area contributed by atoms with Gasteiger partial charge in [0.25, 0.3) is 5.56 Å². The van der Waals surface area contributed by atoms with Gasteiger partial charge in [-0.2, -0.15) is 13.2 Å². The Bertz CT molecular complexity index is 1150. The molecule has 1 aliphatic rings. The Hall–Kier alpha value is -2.72. The number of benzene rings is 1. The summed E-state index contributed by atoms with van der Waals surface area (Å²) in [6.07, 6.45) is -0.623. The number of rotatable bonds is 8. The summed E-state index contributed by atoms with van der Waals surface area (Å²) in [5.41, 5.74) is -1.06. The highest BCUT2D eigenvalue weighted by Crippen LogP contribution is 2.38. The number of nitrogens with zero attached hydrogens (tertiary/aromatic N) is 1. The van der Waals surface area contributed by atoms with E-state index in [4.69, 9.17) is 30.5 Å². The third kappa shape index (κ3) is 8.13. The number of pyridine rings is 1. The molecule has 0 aliphatic carbocycles. The monoisotopic (exact) mass is 545 g/mol. The highest BCUT2D eigenvalue weighted by atomic mass is 35.5. The van der Waals surface area contributed by atoms with E-state index >= 15 is 0 Å². The smallest absolute Gasteiger partial charge is 0.422 e. The molecular formula is C26H31ClF3NO6. The van der Waals surface area contributed by atoms with Crippen molar-refractivity contribution in [2.45, 2.75) is 70.4 Å². The van der Waals surface area contributed by atoms with Crippen molar-refractivity contribution < 1.29 is 36.9 Å². The van der Waals surface area contributed by atoms with Gasteiger partial charge in [0.2, 0.25) is 0 Å².